The van der Waals surface area contributed by atoms with Gasteiger partial charge in [-0.1, -0.05) is 178 Å². The van der Waals surface area contributed by atoms with E-state index in [-0.39, 0.29) is 11.5 Å². The first-order valence-corrected chi connectivity index (χ1v) is 37.9. The lowest BCUT2D eigenvalue weighted by molar-refractivity contribution is 0.155. The lowest BCUT2D eigenvalue weighted by Crippen LogP contribution is -2.93. The van der Waals surface area contributed by atoms with E-state index in [1.807, 2.05) is 7.11 Å². The zero-order valence-corrected chi connectivity index (χ0v) is 39.5. The van der Waals surface area contributed by atoms with Crippen molar-refractivity contribution in [2.45, 2.75) is 175 Å². The van der Waals surface area contributed by atoms with Gasteiger partial charge in [-0.15, -0.1) is 0 Å². The van der Waals surface area contributed by atoms with Crippen LogP contribution in [0.15, 0.2) is 36.0 Å². The molecule has 0 saturated heterocycles. The molecule has 1 nitrogen and oxygen atoms in total. The molecule has 0 aliphatic heterocycles. The molecule has 1 fully saturated rings. The first-order chi connectivity index (χ1) is 19.2. The summed E-state index contributed by atoms with van der Waals surface area (Å²) in [5, 5.41) is 1.35. The molecule has 1 aliphatic rings. The van der Waals surface area contributed by atoms with Crippen molar-refractivity contribution in [2.24, 2.45) is 5.41 Å². The summed E-state index contributed by atoms with van der Waals surface area (Å²) in [6.45, 7) is 55.0. The molecule has 0 heterocycles. The first-order valence-electron chi connectivity index (χ1n) is 17.3. The van der Waals surface area contributed by atoms with E-state index in [1.54, 1.807) is 0 Å². The molecule has 0 bridgehead atoms. The van der Waals surface area contributed by atoms with E-state index in [0.717, 1.165) is 0 Å². The van der Waals surface area contributed by atoms with Crippen LogP contribution in [0.25, 0.3) is 0 Å². The minimum Gasteiger partial charge on any atom is -0.380 e. The molecule has 1 saturated carbocycles. The molecule has 2 rings (SSSR count). The van der Waals surface area contributed by atoms with Gasteiger partial charge in [0.25, 0.3) is 0 Å². The van der Waals surface area contributed by atoms with Gasteiger partial charge in [-0.25, -0.2) is 0 Å². The Balaban J connectivity index is 3.29. The molecule has 1 aromatic carbocycles. The monoisotopic (exact) mass is 702 g/mol. The summed E-state index contributed by atoms with van der Waals surface area (Å²) >= 11 is 0. The molecule has 0 unspecified atom stereocenters. The van der Waals surface area contributed by atoms with Gasteiger partial charge in [0, 0.05) is 56.2 Å². The third-order valence-electron chi connectivity index (χ3n) is 14.6. The first kappa shape index (κ1) is 40.4. The fourth-order valence-corrected chi connectivity index (χ4v) is 206. The van der Waals surface area contributed by atoms with Crippen LogP contribution >= 0.6 is 0 Å². The highest BCUT2D eigenvalue weighted by atomic mass is 30.2. The SMILES string of the molecule is CO[C@H]1[C@@H](c2ccccc2)[C@]1(C)[C]=C[Si]([Si]([Si](C)(C)C(C)(C)C)[Si](C)(C)C(C)(C)C)([Si](C)(C)C(C)(C)C)[Si](C)(C)C(C)(C)C. The smallest absolute Gasteiger partial charge is 0.0749 e. The van der Waals surface area contributed by atoms with Crippen LogP contribution in [0.2, 0.25) is 72.5 Å². The van der Waals surface area contributed by atoms with Crippen molar-refractivity contribution < 1.29 is 4.74 Å². The second-order valence-electron chi connectivity index (χ2n) is 20.8. The molecule has 0 amide bonds. The second kappa shape index (κ2) is 12.0. The van der Waals surface area contributed by atoms with Crippen molar-refractivity contribution in [3.05, 3.63) is 47.7 Å². The van der Waals surface area contributed by atoms with E-state index in [9.17, 15) is 0 Å². The quantitative estimate of drug-likeness (QED) is 0.233. The van der Waals surface area contributed by atoms with Gasteiger partial charge in [-0.2, -0.15) is 0 Å². The van der Waals surface area contributed by atoms with E-state index in [4.69, 9.17) is 4.74 Å². The van der Waals surface area contributed by atoms with Crippen molar-refractivity contribution in [1.82, 2.24) is 0 Å². The van der Waals surface area contributed by atoms with Crippen LogP contribution < -0.4 is 0 Å². The maximum absolute atomic E-state index is 6.30. The highest BCUT2D eigenvalue weighted by Gasteiger charge is 2.75. The fraction of sp³-hybridized carbons (Fsp3) is 0.784. The Morgan fingerprint density at radius 3 is 1.32 bits per heavy atom. The molecule has 3 atom stereocenters. The van der Waals surface area contributed by atoms with E-state index < -0.39 is 44.3 Å². The van der Waals surface area contributed by atoms with Crippen LogP contribution in [0.4, 0.5) is 0 Å². The summed E-state index contributed by atoms with van der Waals surface area (Å²) in [7, 11) is -6.28. The average molecular weight is 704 g/mol. The molecule has 1 aromatic rings. The Morgan fingerprint density at radius 2 is 1.02 bits per heavy atom. The van der Waals surface area contributed by atoms with Crippen LogP contribution in [0.1, 0.15) is 101 Å². The molecule has 1 aliphatic carbocycles. The van der Waals surface area contributed by atoms with Crippen molar-refractivity contribution in [3.63, 3.8) is 0 Å². The van der Waals surface area contributed by atoms with Gasteiger partial charge in [0.1, 0.15) is 0 Å². The summed E-state index contributed by atoms with van der Waals surface area (Å²) < 4.78 is 6.30. The van der Waals surface area contributed by atoms with Gasteiger partial charge in [-0.3, -0.25) is 0 Å². The van der Waals surface area contributed by atoms with E-state index in [2.05, 4.69) is 184 Å². The van der Waals surface area contributed by atoms with Crippen LogP contribution in [-0.4, -0.2) is 57.6 Å². The van der Waals surface area contributed by atoms with Crippen molar-refractivity contribution in [2.75, 3.05) is 7.11 Å². The Morgan fingerprint density at radius 1 is 0.659 bits per heavy atom. The molecular weight excluding hydrogens is 629 g/mol. The van der Waals surface area contributed by atoms with Gasteiger partial charge in [-0.05, 0) is 31.8 Å². The zero-order chi connectivity index (χ0) is 35.0. The summed E-state index contributed by atoms with van der Waals surface area (Å²) in [6.07, 6.45) is 4.66. The van der Waals surface area contributed by atoms with Crippen LogP contribution in [0, 0.1) is 11.5 Å². The summed E-state index contributed by atoms with van der Waals surface area (Å²) in [5.41, 5.74) is 4.38. The minimum atomic E-state index is -2.17. The maximum atomic E-state index is 6.30. The third kappa shape index (κ3) is 6.24. The Kier molecular flexibility index (Phi) is 11.0. The lowest BCUT2D eigenvalue weighted by Gasteiger charge is -2.70. The molecule has 252 valence electrons. The summed E-state index contributed by atoms with van der Waals surface area (Å²) in [6, 6.07) is 11.2. The molecule has 7 heteroatoms. The fourth-order valence-electron chi connectivity index (χ4n) is 8.01. The summed E-state index contributed by atoms with van der Waals surface area (Å²) in [5.74, 6) is 0.381. The third-order valence-corrected chi connectivity index (χ3v) is 135. The van der Waals surface area contributed by atoms with Gasteiger partial charge >= 0.3 is 0 Å². The number of benzene rings is 1. The Bertz CT molecular complexity index is 1120. The zero-order valence-electron chi connectivity index (χ0n) is 33.5. The van der Waals surface area contributed by atoms with Crippen LogP contribution in [0.3, 0.4) is 0 Å². The predicted molar refractivity (Wildman–Crippen MR) is 216 cm³/mol. The Hall–Kier alpha value is 0.221. The molecule has 44 heavy (non-hydrogen) atoms. The van der Waals surface area contributed by atoms with Crippen LogP contribution in [0.5, 0.6) is 0 Å². The summed E-state index contributed by atoms with van der Waals surface area (Å²) in [4.78, 5) is 0. The molecule has 0 N–H and O–H groups in total. The highest BCUT2D eigenvalue weighted by Crippen LogP contribution is 2.63. The van der Waals surface area contributed by atoms with Crippen molar-refractivity contribution in [3.8, 4) is 0 Å². The van der Waals surface area contributed by atoms with Crippen LogP contribution in [-0.2, 0) is 4.74 Å². The number of methoxy groups -OCH3 is 1. The standard InChI is InChI=1S/C37H74OSi6/c1-33(2,3)40(15,16)39(41(17,18)34(4,5)6)44(42(19,20)35(7,8)9,43(21,22)36(10,11)12)29-28-37(13)31(32(37)38-14)30-26-24-23-25-27-30/h23-27,29,31-32H,1-22H3/t31-,32+,37+/m1/s1. The average Bonchev–Trinajstić information content (AvgIpc) is 3.42. The lowest BCUT2D eigenvalue weighted by atomic mass is 10.0. The largest absolute Gasteiger partial charge is 0.380 e. The van der Waals surface area contributed by atoms with Gasteiger partial charge in [0.15, 0.2) is 0 Å². The number of hydrogen-bond acceptors (Lipinski definition) is 1. The molecular formula is C37H74OSi6. The predicted octanol–water partition coefficient (Wildman–Crippen LogP) is 12.1. The second-order valence-corrected chi connectivity index (χ2v) is 78.1. The minimum absolute atomic E-state index is 0.0765. The van der Waals surface area contributed by atoms with Gasteiger partial charge in [0.05, 0.1) is 12.7 Å². The molecule has 2 radical (unpaired) electrons. The number of hydrogen-bond donors (Lipinski definition) is 0. The van der Waals surface area contributed by atoms with E-state index >= 15 is 0 Å². The van der Waals surface area contributed by atoms with E-state index in [0.29, 0.717) is 26.1 Å². The molecule has 0 spiro atoms. The van der Waals surface area contributed by atoms with Gasteiger partial charge in [0.2, 0.25) is 0 Å². The van der Waals surface area contributed by atoms with Crippen molar-refractivity contribution in [1.29, 1.82) is 0 Å². The highest BCUT2D eigenvalue weighted by molar-refractivity contribution is 8.05. The maximum Gasteiger partial charge on any atom is 0.0749 e. The van der Waals surface area contributed by atoms with Crippen molar-refractivity contribution >= 4 is 44.3 Å². The molecule has 0 aromatic heterocycles. The topological polar surface area (TPSA) is 9.23 Å². The van der Waals surface area contributed by atoms with E-state index in [1.165, 1.54) is 5.56 Å². The normalized spacial score (nSPS) is 23.5. The number of rotatable bonds is 9. The number of ether oxygens (including phenoxy) is 1. The van der Waals surface area contributed by atoms with Gasteiger partial charge < -0.3 is 4.74 Å². The Labute approximate surface area is 282 Å².